The SMILES string of the molecule is CCC1C2(c3ccccc3)OC(=N)C1(C#N)C(C#N)(C#N)C(c1ccccc1Cl)O2. The van der Waals surface area contributed by atoms with Crippen LogP contribution >= 0.6 is 11.6 Å². The summed E-state index contributed by atoms with van der Waals surface area (Å²) in [6.45, 7) is 1.83. The van der Waals surface area contributed by atoms with Gasteiger partial charge in [0.15, 0.2) is 5.41 Å². The van der Waals surface area contributed by atoms with Crippen LogP contribution in [0.1, 0.15) is 30.6 Å². The number of nitriles is 3. The van der Waals surface area contributed by atoms with E-state index in [0.29, 0.717) is 22.6 Å². The van der Waals surface area contributed by atoms with Crippen molar-refractivity contribution < 1.29 is 9.47 Å². The van der Waals surface area contributed by atoms with Crippen molar-refractivity contribution in [2.75, 3.05) is 0 Å². The van der Waals surface area contributed by atoms with Crippen molar-refractivity contribution >= 4 is 17.5 Å². The standard InChI is InChI=1S/C23H17ClN4O2/c1-2-18-22(14-27)20(28)30-23(18,15-8-4-3-5-9-15)29-19(21(22,12-25)13-26)16-10-6-7-11-17(16)24/h3-11,18-19,28H,2H2,1H3. The van der Waals surface area contributed by atoms with Crippen LogP contribution in [0, 0.1) is 56.2 Å². The molecule has 2 fully saturated rings. The summed E-state index contributed by atoms with van der Waals surface area (Å²) in [7, 11) is 0. The molecule has 0 radical (unpaired) electrons. The van der Waals surface area contributed by atoms with E-state index in [1.807, 2.05) is 25.1 Å². The Morgan fingerprint density at radius 2 is 1.63 bits per heavy atom. The van der Waals surface area contributed by atoms with E-state index >= 15 is 0 Å². The van der Waals surface area contributed by atoms with Crippen LogP contribution in [0.3, 0.4) is 0 Å². The number of rotatable bonds is 3. The Balaban J connectivity index is 2.10. The quantitative estimate of drug-likeness (QED) is 0.768. The maximum absolute atomic E-state index is 10.4. The minimum absolute atomic E-state index is 0.301. The molecule has 30 heavy (non-hydrogen) atoms. The number of benzene rings is 2. The third-order valence-electron chi connectivity index (χ3n) is 6.20. The largest absolute Gasteiger partial charge is 0.443 e. The van der Waals surface area contributed by atoms with Crippen molar-refractivity contribution in [3.8, 4) is 18.2 Å². The van der Waals surface area contributed by atoms with Crippen molar-refractivity contribution in [3.63, 3.8) is 0 Å². The highest BCUT2D eigenvalue weighted by molar-refractivity contribution is 6.31. The van der Waals surface area contributed by atoms with E-state index in [1.54, 1.807) is 48.5 Å². The molecule has 7 heteroatoms. The molecule has 2 bridgehead atoms. The van der Waals surface area contributed by atoms with Crippen LogP contribution < -0.4 is 0 Å². The summed E-state index contributed by atoms with van der Waals surface area (Å²) in [4.78, 5) is 0. The molecule has 4 rings (SSSR count). The van der Waals surface area contributed by atoms with Gasteiger partial charge in [-0.1, -0.05) is 67.1 Å². The van der Waals surface area contributed by atoms with E-state index in [2.05, 4.69) is 6.07 Å². The first-order valence-electron chi connectivity index (χ1n) is 9.47. The first-order chi connectivity index (χ1) is 14.5. The highest BCUT2D eigenvalue weighted by Crippen LogP contribution is 2.70. The second-order valence-electron chi connectivity index (χ2n) is 7.40. The zero-order valence-electron chi connectivity index (χ0n) is 16.1. The van der Waals surface area contributed by atoms with Crippen LogP contribution in [0.2, 0.25) is 5.02 Å². The minimum Gasteiger partial charge on any atom is -0.443 e. The Morgan fingerprint density at radius 1 is 1.00 bits per heavy atom. The number of fused-ring (bicyclic) bond motifs is 2. The average Bonchev–Trinajstić information content (AvgIpc) is 2.99. The third-order valence-corrected chi connectivity index (χ3v) is 6.55. The molecule has 2 heterocycles. The summed E-state index contributed by atoms with van der Waals surface area (Å²) in [6.07, 6.45) is -0.850. The Morgan fingerprint density at radius 3 is 2.20 bits per heavy atom. The van der Waals surface area contributed by atoms with Crippen molar-refractivity contribution in [2.45, 2.75) is 25.2 Å². The van der Waals surface area contributed by atoms with Crippen LogP contribution in [0.5, 0.6) is 0 Å². The van der Waals surface area contributed by atoms with Gasteiger partial charge in [-0.3, -0.25) is 5.41 Å². The molecule has 2 aromatic carbocycles. The Bertz CT molecular complexity index is 1130. The summed E-state index contributed by atoms with van der Waals surface area (Å²) in [5, 5.41) is 39.8. The van der Waals surface area contributed by atoms with E-state index in [4.69, 9.17) is 26.5 Å². The molecule has 6 nitrogen and oxygen atoms in total. The predicted octanol–water partition coefficient (Wildman–Crippen LogP) is 4.84. The van der Waals surface area contributed by atoms with Crippen molar-refractivity contribution in [1.29, 1.82) is 21.2 Å². The molecule has 0 aliphatic carbocycles. The van der Waals surface area contributed by atoms with Gasteiger partial charge in [0.1, 0.15) is 6.10 Å². The highest BCUT2D eigenvalue weighted by Gasteiger charge is 2.80. The summed E-state index contributed by atoms with van der Waals surface area (Å²) in [5.74, 6) is -2.68. The first kappa shape index (κ1) is 19.9. The van der Waals surface area contributed by atoms with Crippen molar-refractivity contribution in [3.05, 3.63) is 70.7 Å². The van der Waals surface area contributed by atoms with Gasteiger partial charge in [-0.25, -0.2) is 0 Å². The fraction of sp³-hybridized carbons (Fsp3) is 0.304. The number of nitrogens with zero attached hydrogens (tertiary/aromatic N) is 3. The van der Waals surface area contributed by atoms with E-state index in [9.17, 15) is 15.8 Å². The predicted molar refractivity (Wildman–Crippen MR) is 108 cm³/mol. The van der Waals surface area contributed by atoms with Gasteiger partial charge in [0.05, 0.1) is 24.1 Å². The van der Waals surface area contributed by atoms with Gasteiger partial charge in [-0.15, -0.1) is 0 Å². The second-order valence-corrected chi connectivity index (χ2v) is 7.80. The smallest absolute Gasteiger partial charge is 0.244 e. The fourth-order valence-electron chi connectivity index (χ4n) is 4.87. The maximum Gasteiger partial charge on any atom is 0.244 e. The third kappa shape index (κ3) is 2.17. The lowest BCUT2D eigenvalue weighted by atomic mass is 9.52. The van der Waals surface area contributed by atoms with E-state index in [1.165, 1.54) is 0 Å². The zero-order valence-corrected chi connectivity index (χ0v) is 16.8. The van der Waals surface area contributed by atoms with Gasteiger partial charge in [-0.05, 0) is 12.5 Å². The molecule has 2 aliphatic heterocycles. The molecule has 0 aromatic heterocycles. The average molecular weight is 417 g/mol. The van der Waals surface area contributed by atoms with Crippen LogP contribution in [0.15, 0.2) is 54.6 Å². The molecule has 0 amide bonds. The summed E-state index contributed by atoms with van der Waals surface area (Å²) < 4.78 is 12.5. The Kier molecular flexibility index (Phi) is 4.55. The number of halogens is 1. The molecular weight excluding hydrogens is 400 g/mol. The molecule has 0 spiro atoms. The molecule has 0 saturated carbocycles. The number of ether oxygens (including phenoxy) is 2. The molecule has 4 unspecified atom stereocenters. The summed E-state index contributed by atoms with van der Waals surface area (Å²) in [6, 6.07) is 22.0. The van der Waals surface area contributed by atoms with E-state index in [0.717, 1.165) is 0 Å². The second kappa shape index (κ2) is 6.85. The topological polar surface area (TPSA) is 114 Å². The van der Waals surface area contributed by atoms with Crippen LogP contribution in [-0.4, -0.2) is 5.90 Å². The van der Waals surface area contributed by atoms with Gasteiger partial charge in [-0.2, -0.15) is 15.8 Å². The van der Waals surface area contributed by atoms with E-state index < -0.39 is 34.5 Å². The lowest BCUT2D eigenvalue weighted by molar-refractivity contribution is -0.292. The van der Waals surface area contributed by atoms with Crippen LogP contribution in [0.4, 0.5) is 0 Å². The van der Waals surface area contributed by atoms with Gasteiger partial charge in [0.25, 0.3) is 0 Å². The lowest BCUT2D eigenvalue weighted by Crippen LogP contribution is -2.58. The van der Waals surface area contributed by atoms with Gasteiger partial charge in [0, 0.05) is 16.1 Å². The fourth-order valence-corrected chi connectivity index (χ4v) is 5.11. The number of nitrogens with one attached hydrogen (secondary N) is 1. The molecule has 2 aliphatic rings. The van der Waals surface area contributed by atoms with Gasteiger partial charge in [0.2, 0.25) is 17.1 Å². The molecule has 2 saturated heterocycles. The van der Waals surface area contributed by atoms with Crippen molar-refractivity contribution in [1.82, 2.24) is 0 Å². The minimum atomic E-state index is -2.03. The molecule has 1 N–H and O–H groups in total. The maximum atomic E-state index is 10.4. The molecule has 148 valence electrons. The van der Waals surface area contributed by atoms with Crippen molar-refractivity contribution in [2.24, 2.45) is 16.7 Å². The molecule has 4 atom stereocenters. The van der Waals surface area contributed by atoms with Gasteiger partial charge < -0.3 is 9.47 Å². The summed E-state index contributed by atoms with van der Waals surface area (Å²) in [5.41, 5.74) is -2.85. The monoisotopic (exact) mass is 416 g/mol. The van der Waals surface area contributed by atoms with E-state index in [-0.39, 0.29) is 0 Å². The summed E-state index contributed by atoms with van der Waals surface area (Å²) >= 11 is 6.43. The van der Waals surface area contributed by atoms with Gasteiger partial charge >= 0.3 is 0 Å². The highest BCUT2D eigenvalue weighted by atomic mass is 35.5. The normalized spacial score (nSPS) is 31.1. The zero-order chi connectivity index (χ0) is 21.6. The molecular formula is C23H17ClN4O2. The number of hydrogen-bond donors (Lipinski definition) is 1. The van der Waals surface area contributed by atoms with Crippen LogP contribution in [0.25, 0.3) is 0 Å². The Labute approximate surface area is 179 Å². The first-order valence-corrected chi connectivity index (χ1v) is 9.84. The lowest BCUT2D eigenvalue weighted by Gasteiger charge is -2.49. The van der Waals surface area contributed by atoms with Crippen LogP contribution in [-0.2, 0) is 15.3 Å². The molecule has 2 aromatic rings. The number of hydrogen-bond acceptors (Lipinski definition) is 6. The Hall–Kier alpha value is -3.37.